The predicted octanol–water partition coefficient (Wildman–Crippen LogP) is -0.726. The Morgan fingerprint density at radius 2 is 1.90 bits per heavy atom. The summed E-state index contributed by atoms with van der Waals surface area (Å²) in [5, 5.41) is 11.2. The van der Waals surface area contributed by atoms with Crippen molar-refractivity contribution in [2.45, 2.75) is 18.4 Å². The normalized spacial score (nSPS) is 31.2. The van der Waals surface area contributed by atoms with Gasteiger partial charge in [-0.25, -0.2) is 5.32 Å². The standard InChI is InChI=1S/C7H14N3/c1-3-8-4-2-7(1)5-9-6-10-7/h8-9H,1-6H2. The minimum atomic E-state index is 0.325. The zero-order valence-electron chi connectivity index (χ0n) is 6.19. The summed E-state index contributed by atoms with van der Waals surface area (Å²) in [6, 6.07) is 0. The fourth-order valence-electron chi connectivity index (χ4n) is 1.80. The molecule has 3 heteroatoms. The monoisotopic (exact) mass is 140 g/mol. The van der Waals surface area contributed by atoms with Crippen molar-refractivity contribution in [1.82, 2.24) is 16.0 Å². The summed E-state index contributed by atoms with van der Waals surface area (Å²) < 4.78 is 0. The van der Waals surface area contributed by atoms with Crippen LogP contribution in [0.3, 0.4) is 0 Å². The maximum absolute atomic E-state index is 4.58. The van der Waals surface area contributed by atoms with E-state index in [-0.39, 0.29) is 0 Å². The van der Waals surface area contributed by atoms with Gasteiger partial charge in [0.25, 0.3) is 0 Å². The Bertz CT molecular complexity index is 110. The molecule has 0 bridgehead atoms. The van der Waals surface area contributed by atoms with Crippen molar-refractivity contribution < 1.29 is 0 Å². The van der Waals surface area contributed by atoms with Gasteiger partial charge in [-0.05, 0) is 25.9 Å². The summed E-state index contributed by atoms with van der Waals surface area (Å²) in [4.78, 5) is 0. The van der Waals surface area contributed by atoms with E-state index in [1.165, 1.54) is 12.8 Å². The SMILES string of the molecule is C1CC2(CCN1)CNC[N]2. The van der Waals surface area contributed by atoms with Crippen LogP contribution in [0, 0.1) is 0 Å². The second-order valence-electron chi connectivity index (χ2n) is 3.22. The number of nitrogens with zero attached hydrogens (tertiary/aromatic N) is 1. The predicted molar refractivity (Wildman–Crippen MR) is 39.8 cm³/mol. The summed E-state index contributed by atoms with van der Waals surface area (Å²) in [7, 11) is 0. The zero-order chi connectivity index (χ0) is 6.86. The minimum absolute atomic E-state index is 0.325. The molecule has 2 aliphatic rings. The van der Waals surface area contributed by atoms with E-state index in [2.05, 4.69) is 16.0 Å². The topological polar surface area (TPSA) is 38.2 Å². The van der Waals surface area contributed by atoms with Crippen molar-refractivity contribution in [1.29, 1.82) is 0 Å². The molecule has 0 saturated carbocycles. The first-order chi connectivity index (χ1) is 4.91. The van der Waals surface area contributed by atoms with Gasteiger partial charge >= 0.3 is 0 Å². The first kappa shape index (κ1) is 6.58. The second-order valence-corrected chi connectivity index (χ2v) is 3.22. The highest BCUT2D eigenvalue weighted by Gasteiger charge is 2.35. The Morgan fingerprint density at radius 1 is 1.10 bits per heavy atom. The van der Waals surface area contributed by atoms with Crippen LogP contribution in [0.25, 0.3) is 0 Å². The van der Waals surface area contributed by atoms with Crippen LogP contribution < -0.4 is 16.0 Å². The van der Waals surface area contributed by atoms with Crippen LogP contribution in [0.5, 0.6) is 0 Å². The summed E-state index contributed by atoms with van der Waals surface area (Å²) in [6.45, 7) is 4.27. The molecule has 2 N–H and O–H groups in total. The lowest BCUT2D eigenvalue weighted by molar-refractivity contribution is 0.288. The molecular weight excluding hydrogens is 126 g/mol. The molecule has 1 radical (unpaired) electrons. The number of rotatable bonds is 0. The van der Waals surface area contributed by atoms with Gasteiger partial charge in [-0.3, -0.25) is 0 Å². The molecule has 2 heterocycles. The largest absolute Gasteiger partial charge is 0.317 e. The highest BCUT2D eigenvalue weighted by molar-refractivity contribution is 4.96. The Balaban J connectivity index is 1.98. The van der Waals surface area contributed by atoms with Gasteiger partial charge < -0.3 is 10.6 Å². The molecule has 10 heavy (non-hydrogen) atoms. The van der Waals surface area contributed by atoms with Crippen molar-refractivity contribution in [3.8, 4) is 0 Å². The fourth-order valence-corrected chi connectivity index (χ4v) is 1.80. The van der Waals surface area contributed by atoms with Crippen LogP contribution in [-0.2, 0) is 0 Å². The fraction of sp³-hybridized carbons (Fsp3) is 1.00. The molecule has 0 aromatic carbocycles. The lowest BCUT2D eigenvalue weighted by Crippen LogP contribution is -2.47. The highest BCUT2D eigenvalue weighted by Crippen LogP contribution is 2.20. The Labute approximate surface area is 61.6 Å². The third kappa shape index (κ3) is 1.05. The van der Waals surface area contributed by atoms with Crippen molar-refractivity contribution >= 4 is 0 Å². The number of hydrogen-bond acceptors (Lipinski definition) is 2. The van der Waals surface area contributed by atoms with E-state index in [4.69, 9.17) is 0 Å². The van der Waals surface area contributed by atoms with E-state index in [1.54, 1.807) is 0 Å². The van der Waals surface area contributed by atoms with Crippen LogP contribution in [0.1, 0.15) is 12.8 Å². The summed E-state index contributed by atoms with van der Waals surface area (Å²) in [5.74, 6) is 0. The third-order valence-corrected chi connectivity index (χ3v) is 2.51. The zero-order valence-corrected chi connectivity index (χ0v) is 6.19. The van der Waals surface area contributed by atoms with E-state index in [1.807, 2.05) is 0 Å². The average Bonchev–Trinajstić information content (AvgIpc) is 2.39. The molecule has 0 aromatic heterocycles. The summed E-state index contributed by atoms with van der Waals surface area (Å²) in [6.07, 6.45) is 2.44. The molecule has 2 saturated heterocycles. The van der Waals surface area contributed by atoms with Crippen LogP contribution in [-0.4, -0.2) is 31.8 Å². The van der Waals surface area contributed by atoms with Gasteiger partial charge in [0, 0.05) is 6.54 Å². The van der Waals surface area contributed by atoms with Crippen LogP contribution >= 0.6 is 0 Å². The second kappa shape index (κ2) is 2.49. The van der Waals surface area contributed by atoms with E-state index < -0.39 is 0 Å². The van der Waals surface area contributed by atoms with Gasteiger partial charge in [0.1, 0.15) is 0 Å². The number of nitrogens with one attached hydrogen (secondary N) is 2. The van der Waals surface area contributed by atoms with Gasteiger partial charge in [0.2, 0.25) is 0 Å². The first-order valence-corrected chi connectivity index (χ1v) is 4.01. The molecule has 0 aromatic rings. The maximum Gasteiger partial charge on any atom is 0.0631 e. The highest BCUT2D eigenvalue weighted by atomic mass is 15.2. The number of hydrogen-bond donors (Lipinski definition) is 2. The van der Waals surface area contributed by atoms with Crippen LogP contribution in [0.4, 0.5) is 0 Å². The van der Waals surface area contributed by atoms with E-state index in [0.717, 1.165) is 26.3 Å². The number of piperidine rings is 1. The smallest absolute Gasteiger partial charge is 0.0631 e. The van der Waals surface area contributed by atoms with Gasteiger partial charge in [-0.1, -0.05) is 0 Å². The van der Waals surface area contributed by atoms with Crippen LogP contribution in [0.15, 0.2) is 0 Å². The quantitative estimate of drug-likeness (QED) is 0.466. The minimum Gasteiger partial charge on any atom is -0.317 e. The lowest BCUT2D eigenvalue weighted by Gasteiger charge is -2.31. The van der Waals surface area contributed by atoms with Gasteiger partial charge in [-0.2, -0.15) is 0 Å². The Morgan fingerprint density at radius 3 is 2.50 bits per heavy atom. The molecular formula is C7H14N3. The molecule has 2 aliphatic heterocycles. The molecule has 0 atom stereocenters. The third-order valence-electron chi connectivity index (χ3n) is 2.51. The molecule has 0 unspecified atom stereocenters. The Hall–Kier alpha value is -0.120. The van der Waals surface area contributed by atoms with Crippen molar-refractivity contribution in [2.24, 2.45) is 0 Å². The molecule has 0 aliphatic carbocycles. The van der Waals surface area contributed by atoms with Gasteiger partial charge in [0.15, 0.2) is 0 Å². The van der Waals surface area contributed by atoms with Crippen LogP contribution in [0.2, 0.25) is 0 Å². The summed E-state index contributed by atoms with van der Waals surface area (Å²) >= 11 is 0. The molecule has 1 spiro atoms. The van der Waals surface area contributed by atoms with Gasteiger partial charge in [0.05, 0.1) is 12.2 Å². The van der Waals surface area contributed by atoms with E-state index in [9.17, 15) is 0 Å². The van der Waals surface area contributed by atoms with E-state index in [0.29, 0.717) is 5.54 Å². The average molecular weight is 140 g/mol. The van der Waals surface area contributed by atoms with Crippen molar-refractivity contribution in [3.05, 3.63) is 0 Å². The molecule has 2 rings (SSSR count). The van der Waals surface area contributed by atoms with Crippen molar-refractivity contribution in [2.75, 3.05) is 26.3 Å². The maximum atomic E-state index is 4.58. The molecule has 57 valence electrons. The first-order valence-electron chi connectivity index (χ1n) is 4.01. The summed E-state index contributed by atoms with van der Waals surface area (Å²) in [5.41, 5.74) is 0.325. The molecule has 0 amide bonds. The van der Waals surface area contributed by atoms with Crippen molar-refractivity contribution in [3.63, 3.8) is 0 Å². The molecule has 2 fully saturated rings. The lowest BCUT2D eigenvalue weighted by atomic mass is 9.90. The van der Waals surface area contributed by atoms with E-state index >= 15 is 0 Å². The Kier molecular flexibility index (Phi) is 1.64. The van der Waals surface area contributed by atoms with Gasteiger partial charge in [-0.15, -0.1) is 0 Å². The molecule has 3 nitrogen and oxygen atoms in total.